The molecule has 166 valence electrons. The Morgan fingerprint density at radius 3 is 2.66 bits per heavy atom. The first-order valence-corrected chi connectivity index (χ1v) is 11.4. The summed E-state index contributed by atoms with van der Waals surface area (Å²) in [7, 11) is 0. The standard InChI is InChI=1S/C25H24Cl2N2O3/c1-2-32-25-18(11-16-7-8-21(26)22(27)12-16)13-17-5-3-4-6-19(17)20(25)15-29-10-9-23(30)28-14-24(29)31/h3-8,12-13H,2,9-11,14-15H2,1H3,(H,28,30). The molecule has 0 atom stereocenters. The molecule has 0 aromatic heterocycles. The van der Waals surface area contributed by atoms with Crippen molar-refractivity contribution in [3.63, 3.8) is 0 Å². The van der Waals surface area contributed by atoms with Gasteiger partial charge in [-0.3, -0.25) is 9.59 Å². The number of nitrogens with one attached hydrogen (secondary N) is 1. The van der Waals surface area contributed by atoms with E-state index in [0.717, 1.165) is 33.2 Å². The van der Waals surface area contributed by atoms with Gasteiger partial charge in [0.1, 0.15) is 5.75 Å². The molecule has 0 unspecified atom stereocenters. The number of ether oxygens (including phenoxy) is 1. The Kier molecular flexibility index (Phi) is 6.87. The zero-order valence-electron chi connectivity index (χ0n) is 17.8. The summed E-state index contributed by atoms with van der Waals surface area (Å²) in [5, 5.41) is 5.78. The third kappa shape index (κ3) is 4.84. The summed E-state index contributed by atoms with van der Waals surface area (Å²) in [5.74, 6) is 0.565. The van der Waals surface area contributed by atoms with Crippen molar-refractivity contribution >= 4 is 45.8 Å². The van der Waals surface area contributed by atoms with E-state index in [1.54, 1.807) is 11.0 Å². The molecular weight excluding hydrogens is 447 g/mol. The van der Waals surface area contributed by atoms with Gasteiger partial charge in [-0.25, -0.2) is 0 Å². The van der Waals surface area contributed by atoms with E-state index in [2.05, 4.69) is 17.4 Å². The average molecular weight is 471 g/mol. The molecule has 0 bridgehead atoms. The van der Waals surface area contributed by atoms with Crippen LogP contribution in [0.5, 0.6) is 5.75 Å². The van der Waals surface area contributed by atoms with Gasteiger partial charge in [-0.1, -0.05) is 53.5 Å². The normalized spacial score (nSPS) is 14.4. The van der Waals surface area contributed by atoms with E-state index in [1.165, 1.54) is 0 Å². The summed E-state index contributed by atoms with van der Waals surface area (Å²) in [5.41, 5.74) is 2.97. The molecule has 2 amide bonds. The Hall–Kier alpha value is -2.76. The van der Waals surface area contributed by atoms with Crippen LogP contribution in [-0.2, 0) is 22.6 Å². The van der Waals surface area contributed by atoms with Gasteiger partial charge in [-0.2, -0.15) is 0 Å². The van der Waals surface area contributed by atoms with Crippen LogP contribution in [0, 0.1) is 0 Å². The predicted molar refractivity (Wildman–Crippen MR) is 127 cm³/mol. The van der Waals surface area contributed by atoms with Crippen LogP contribution in [0.25, 0.3) is 10.8 Å². The summed E-state index contributed by atoms with van der Waals surface area (Å²) >= 11 is 12.3. The maximum atomic E-state index is 12.7. The van der Waals surface area contributed by atoms with E-state index < -0.39 is 0 Å². The number of carbonyl (C=O) groups excluding carboxylic acids is 2. The van der Waals surface area contributed by atoms with Crippen LogP contribution in [0.1, 0.15) is 30.0 Å². The van der Waals surface area contributed by atoms with Crippen molar-refractivity contribution in [2.24, 2.45) is 0 Å². The predicted octanol–water partition coefficient (Wildman–Crippen LogP) is 4.98. The minimum Gasteiger partial charge on any atom is -0.493 e. The molecule has 1 aliphatic rings. The number of nitrogens with zero attached hydrogens (tertiary/aromatic N) is 1. The van der Waals surface area contributed by atoms with Gasteiger partial charge < -0.3 is 15.0 Å². The van der Waals surface area contributed by atoms with Crippen molar-refractivity contribution in [1.29, 1.82) is 0 Å². The molecule has 0 radical (unpaired) electrons. The number of fused-ring (bicyclic) bond motifs is 1. The minimum absolute atomic E-state index is 0.0176. The van der Waals surface area contributed by atoms with E-state index >= 15 is 0 Å². The topological polar surface area (TPSA) is 58.6 Å². The molecule has 4 rings (SSSR count). The van der Waals surface area contributed by atoms with Crippen LogP contribution < -0.4 is 10.1 Å². The highest BCUT2D eigenvalue weighted by atomic mass is 35.5. The van der Waals surface area contributed by atoms with Crippen molar-refractivity contribution in [3.8, 4) is 5.75 Å². The highest BCUT2D eigenvalue weighted by Crippen LogP contribution is 2.36. The summed E-state index contributed by atoms with van der Waals surface area (Å²) in [6.45, 7) is 3.21. The second-order valence-corrected chi connectivity index (χ2v) is 8.58. The zero-order valence-corrected chi connectivity index (χ0v) is 19.3. The molecule has 1 fully saturated rings. The second kappa shape index (κ2) is 9.80. The first kappa shape index (κ1) is 22.4. The van der Waals surface area contributed by atoms with Gasteiger partial charge in [-0.15, -0.1) is 0 Å². The average Bonchev–Trinajstić information content (AvgIpc) is 2.94. The molecule has 32 heavy (non-hydrogen) atoms. The lowest BCUT2D eigenvalue weighted by Gasteiger charge is -2.24. The lowest BCUT2D eigenvalue weighted by atomic mass is 9.95. The van der Waals surface area contributed by atoms with Gasteiger partial charge in [0.15, 0.2) is 0 Å². The first-order chi connectivity index (χ1) is 15.5. The van der Waals surface area contributed by atoms with Crippen LogP contribution in [0.2, 0.25) is 10.0 Å². The number of halogens is 2. The van der Waals surface area contributed by atoms with Crippen molar-refractivity contribution in [2.75, 3.05) is 19.7 Å². The maximum absolute atomic E-state index is 12.7. The van der Waals surface area contributed by atoms with Crippen molar-refractivity contribution < 1.29 is 14.3 Å². The molecule has 7 heteroatoms. The molecule has 3 aromatic carbocycles. The quantitative estimate of drug-likeness (QED) is 0.552. The highest BCUT2D eigenvalue weighted by molar-refractivity contribution is 6.42. The fraction of sp³-hybridized carbons (Fsp3) is 0.280. The minimum atomic E-state index is -0.107. The molecule has 1 aliphatic heterocycles. The van der Waals surface area contributed by atoms with Crippen LogP contribution in [0.3, 0.4) is 0 Å². The Morgan fingerprint density at radius 2 is 1.88 bits per heavy atom. The summed E-state index contributed by atoms with van der Waals surface area (Å²) in [4.78, 5) is 26.2. The molecule has 0 saturated carbocycles. The fourth-order valence-corrected chi connectivity index (χ4v) is 4.36. The molecule has 1 saturated heterocycles. The van der Waals surface area contributed by atoms with E-state index in [9.17, 15) is 9.59 Å². The van der Waals surface area contributed by atoms with Crippen LogP contribution in [0.4, 0.5) is 0 Å². The number of hydrogen-bond acceptors (Lipinski definition) is 3. The summed E-state index contributed by atoms with van der Waals surface area (Å²) in [6.07, 6.45) is 0.897. The lowest BCUT2D eigenvalue weighted by molar-refractivity contribution is -0.130. The Balaban J connectivity index is 1.80. The third-order valence-electron chi connectivity index (χ3n) is 5.60. The Morgan fingerprint density at radius 1 is 1.06 bits per heavy atom. The Bertz CT molecular complexity index is 1180. The van der Waals surface area contributed by atoms with Gasteiger partial charge in [0.2, 0.25) is 11.8 Å². The monoisotopic (exact) mass is 470 g/mol. The number of hydrogen-bond donors (Lipinski definition) is 1. The second-order valence-electron chi connectivity index (χ2n) is 7.76. The van der Waals surface area contributed by atoms with E-state index in [1.807, 2.05) is 37.3 Å². The van der Waals surface area contributed by atoms with E-state index in [-0.39, 0.29) is 24.8 Å². The fourth-order valence-electron chi connectivity index (χ4n) is 4.04. The molecule has 0 aliphatic carbocycles. The van der Waals surface area contributed by atoms with Crippen molar-refractivity contribution in [3.05, 3.63) is 75.3 Å². The van der Waals surface area contributed by atoms with Gasteiger partial charge >= 0.3 is 0 Å². The smallest absolute Gasteiger partial charge is 0.242 e. The van der Waals surface area contributed by atoms with Gasteiger partial charge in [0.05, 0.1) is 23.2 Å². The van der Waals surface area contributed by atoms with Crippen LogP contribution in [-0.4, -0.2) is 36.4 Å². The van der Waals surface area contributed by atoms with Crippen LogP contribution >= 0.6 is 23.2 Å². The first-order valence-electron chi connectivity index (χ1n) is 10.6. The molecule has 3 aromatic rings. The van der Waals surface area contributed by atoms with Gasteiger partial charge in [-0.05, 0) is 47.0 Å². The lowest BCUT2D eigenvalue weighted by Crippen LogP contribution is -2.35. The number of rotatable bonds is 6. The molecule has 5 nitrogen and oxygen atoms in total. The van der Waals surface area contributed by atoms with Gasteiger partial charge in [0, 0.05) is 31.5 Å². The largest absolute Gasteiger partial charge is 0.493 e. The Labute approximate surface area is 197 Å². The molecular formula is C25H24Cl2N2O3. The summed E-state index contributed by atoms with van der Waals surface area (Å²) in [6, 6.07) is 15.8. The molecule has 1 heterocycles. The molecule has 1 N–H and O–H groups in total. The SMILES string of the molecule is CCOc1c(Cc2ccc(Cl)c(Cl)c2)cc2ccccc2c1CN1CCC(=O)NCC1=O. The highest BCUT2D eigenvalue weighted by Gasteiger charge is 2.24. The van der Waals surface area contributed by atoms with Crippen molar-refractivity contribution in [2.45, 2.75) is 26.3 Å². The number of carbonyl (C=O) groups is 2. The molecule has 0 spiro atoms. The van der Waals surface area contributed by atoms with E-state index in [0.29, 0.717) is 36.2 Å². The van der Waals surface area contributed by atoms with Crippen LogP contribution in [0.15, 0.2) is 48.5 Å². The van der Waals surface area contributed by atoms with Gasteiger partial charge in [0.25, 0.3) is 0 Å². The zero-order chi connectivity index (χ0) is 22.7. The van der Waals surface area contributed by atoms with Crippen molar-refractivity contribution in [1.82, 2.24) is 10.2 Å². The third-order valence-corrected chi connectivity index (χ3v) is 6.33. The number of benzene rings is 3. The number of amides is 2. The van der Waals surface area contributed by atoms with E-state index in [4.69, 9.17) is 27.9 Å². The maximum Gasteiger partial charge on any atom is 0.242 e. The summed E-state index contributed by atoms with van der Waals surface area (Å²) < 4.78 is 6.15.